The quantitative estimate of drug-likeness (QED) is 0.562. The highest BCUT2D eigenvalue weighted by Crippen LogP contribution is 2.50. The SMILES string of the molecule is C1=CC(C2CC2)C(C2CC2)=C1. The molecule has 0 saturated heterocycles. The van der Waals surface area contributed by atoms with E-state index in [0.29, 0.717) is 0 Å². The van der Waals surface area contributed by atoms with Gasteiger partial charge in [-0.1, -0.05) is 23.8 Å². The molecule has 0 nitrogen and oxygen atoms in total. The van der Waals surface area contributed by atoms with E-state index in [0.717, 1.165) is 17.8 Å². The molecule has 1 atom stereocenters. The Morgan fingerprint density at radius 1 is 1.09 bits per heavy atom. The Bertz CT molecular complexity index is 226. The van der Waals surface area contributed by atoms with Gasteiger partial charge in [-0.15, -0.1) is 0 Å². The molecule has 2 saturated carbocycles. The summed E-state index contributed by atoms with van der Waals surface area (Å²) in [6, 6.07) is 0. The van der Waals surface area contributed by atoms with E-state index in [2.05, 4.69) is 18.2 Å². The normalized spacial score (nSPS) is 36.0. The predicted octanol–water partition coefficient (Wildman–Crippen LogP) is 2.92. The number of hydrogen-bond donors (Lipinski definition) is 0. The lowest BCUT2D eigenvalue weighted by Crippen LogP contribution is -2.01. The first kappa shape index (κ1) is 6.05. The Morgan fingerprint density at radius 3 is 2.55 bits per heavy atom. The summed E-state index contributed by atoms with van der Waals surface area (Å²) >= 11 is 0. The molecule has 1 unspecified atom stereocenters. The average Bonchev–Trinajstić information content (AvgIpc) is 2.91. The summed E-state index contributed by atoms with van der Waals surface area (Å²) < 4.78 is 0. The molecule has 3 rings (SSSR count). The number of rotatable bonds is 2. The Hall–Kier alpha value is -0.520. The molecule has 11 heavy (non-hydrogen) atoms. The Morgan fingerprint density at radius 2 is 1.91 bits per heavy atom. The summed E-state index contributed by atoms with van der Waals surface area (Å²) in [5.41, 5.74) is 1.77. The van der Waals surface area contributed by atoms with Crippen LogP contribution in [-0.2, 0) is 0 Å². The minimum atomic E-state index is 0.877. The molecule has 3 aliphatic carbocycles. The average molecular weight is 146 g/mol. The van der Waals surface area contributed by atoms with Crippen molar-refractivity contribution in [3.63, 3.8) is 0 Å². The third kappa shape index (κ3) is 0.962. The molecule has 0 aromatic carbocycles. The Labute approximate surface area is 68.0 Å². The highest BCUT2D eigenvalue weighted by molar-refractivity contribution is 5.33. The van der Waals surface area contributed by atoms with E-state index < -0.39 is 0 Å². The first-order valence-corrected chi connectivity index (χ1v) is 4.83. The van der Waals surface area contributed by atoms with Crippen LogP contribution in [0.5, 0.6) is 0 Å². The number of hydrogen-bond acceptors (Lipinski definition) is 0. The van der Waals surface area contributed by atoms with Crippen LogP contribution in [0.1, 0.15) is 25.7 Å². The standard InChI is InChI=1S/C11H14/c1-2-10(8-4-5-8)11(3-1)9-6-7-9/h1-3,8-10H,4-7H2. The predicted molar refractivity (Wildman–Crippen MR) is 46.2 cm³/mol. The minimum Gasteiger partial charge on any atom is -0.0770 e. The van der Waals surface area contributed by atoms with Crippen molar-refractivity contribution in [2.45, 2.75) is 25.7 Å². The van der Waals surface area contributed by atoms with Gasteiger partial charge in [0.1, 0.15) is 0 Å². The van der Waals surface area contributed by atoms with E-state index in [4.69, 9.17) is 0 Å². The van der Waals surface area contributed by atoms with Crippen LogP contribution in [-0.4, -0.2) is 0 Å². The maximum absolute atomic E-state index is 2.42. The van der Waals surface area contributed by atoms with Gasteiger partial charge < -0.3 is 0 Å². The van der Waals surface area contributed by atoms with Crippen molar-refractivity contribution in [3.05, 3.63) is 23.8 Å². The van der Waals surface area contributed by atoms with Gasteiger partial charge in [0.25, 0.3) is 0 Å². The fourth-order valence-corrected chi connectivity index (χ4v) is 2.22. The monoisotopic (exact) mass is 146 g/mol. The van der Waals surface area contributed by atoms with Gasteiger partial charge >= 0.3 is 0 Å². The van der Waals surface area contributed by atoms with E-state index in [1.54, 1.807) is 5.57 Å². The van der Waals surface area contributed by atoms with Crippen molar-refractivity contribution in [2.75, 3.05) is 0 Å². The smallest absolute Gasteiger partial charge is 0.00140 e. The zero-order valence-electron chi connectivity index (χ0n) is 6.79. The van der Waals surface area contributed by atoms with Crippen LogP contribution in [0.15, 0.2) is 23.8 Å². The first-order valence-electron chi connectivity index (χ1n) is 4.83. The molecule has 0 aliphatic heterocycles. The second kappa shape index (κ2) is 2.00. The lowest BCUT2D eigenvalue weighted by molar-refractivity contribution is 0.629. The van der Waals surface area contributed by atoms with Crippen molar-refractivity contribution < 1.29 is 0 Å². The van der Waals surface area contributed by atoms with Crippen LogP contribution in [0, 0.1) is 17.8 Å². The van der Waals surface area contributed by atoms with Gasteiger partial charge in [-0.2, -0.15) is 0 Å². The molecular formula is C11H14. The molecule has 0 radical (unpaired) electrons. The molecule has 0 heterocycles. The molecule has 0 N–H and O–H groups in total. The largest absolute Gasteiger partial charge is 0.0770 e. The topological polar surface area (TPSA) is 0 Å². The summed E-state index contributed by atoms with van der Waals surface area (Å²) in [5, 5.41) is 0. The van der Waals surface area contributed by atoms with Crippen molar-refractivity contribution in [1.29, 1.82) is 0 Å². The second-order valence-electron chi connectivity index (χ2n) is 4.19. The zero-order valence-corrected chi connectivity index (χ0v) is 6.79. The molecule has 0 amide bonds. The Kier molecular flexibility index (Phi) is 1.10. The third-order valence-electron chi connectivity index (χ3n) is 3.17. The fourth-order valence-electron chi connectivity index (χ4n) is 2.22. The molecule has 3 aliphatic rings. The molecule has 2 fully saturated rings. The molecule has 0 aromatic rings. The number of allylic oxidation sites excluding steroid dienone is 4. The molecule has 0 spiro atoms. The molecule has 58 valence electrons. The van der Waals surface area contributed by atoms with Crippen molar-refractivity contribution in [1.82, 2.24) is 0 Å². The van der Waals surface area contributed by atoms with Crippen LogP contribution < -0.4 is 0 Å². The van der Waals surface area contributed by atoms with Gasteiger partial charge in [-0.05, 0) is 37.5 Å². The van der Waals surface area contributed by atoms with E-state index in [9.17, 15) is 0 Å². The molecule has 0 bridgehead atoms. The molecule has 0 aromatic heterocycles. The van der Waals surface area contributed by atoms with E-state index in [1.807, 2.05) is 0 Å². The maximum Gasteiger partial charge on any atom is 0.00140 e. The van der Waals surface area contributed by atoms with E-state index in [1.165, 1.54) is 25.7 Å². The van der Waals surface area contributed by atoms with Crippen molar-refractivity contribution >= 4 is 0 Å². The van der Waals surface area contributed by atoms with Crippen LogP contribution in [0.4, 0.5) is 0 Å². The van der Waals surface area contributed by atoms with Gasteiger partial charge in [-0.25, -0.2) is 0 Å². The van der Waals surface area contributed by atoms with Crippen LogP contribution in [0.25, 0.3) is 0 Å². The summed E-state index contributed by atoms with van der Waals surface area (Å²) in [4.78, 5) is 0. The Balaban J connectivity index is 1.81. The lowest BCUT2D eigenvalue weighted by Gasteiger charge is -2.10. The lowest BCUT2D eigenvalue weighted by atomic mass is 9.94. The van der Waals surface area contributed by atoms with Crippen LogP contribution in [0.3, 0.4) is 0 Å². The third-order valence-corrected chi connectivity index (χ3v) is 3.17. The second-order valence-corrected chi connectivity index (χ2v) is 4.19. The summed E-state index contributed by atoms with van der Waals surface area (Å²) in [6.07, 6.45) is 13.0. The van der Waals surface area contributed by atoms with E-state index in [-0.39, 0.29) is 0 Å². The van der Waals surface area contributed by atoms with Crippen LogP contribution >= 0.6 is 0 Å². The highest BCUT2D eigenvalue weighted by atomic mass is 14.4. The maximum atomic E-state index is 2.42. The van der Waals surface area contributed by atoms with Gasteiger partial charge in [0, 0.05) is 5.92 Å². The fraction of sp³-hybridized carbons (Fsp3) is 0.636. The highest BCUT2D eigenvalue weighted by Gasteiger charge is 2.38. The van der Waals surface area contributed by atoms with Crippen molar-refractivity contribution in [3.8, 4) is 0 Å². The van der Waals surface area contributed by atoms with Crippen LogP contribution in [0.2, 0.25) is 0 Å². The summed E-state index contributed by atoms with van der Waals surface area (Å²) in [5.74, 6) is 2.92. The minimum absolute atomic E-state index is 0.877. The van der Waals surface area contributed by atoms with Gasteiger partial charge in [-0.3, -0.25) is 0 Å². The first-order chi connectivity index (χ1) is 5.45. The van der Waals surface area contributed by atoms with Gasteiger partial charge in [0.2, 0.25) is 0 Å². The molecule has 0 heteroatoms. The molecular weight excluding hydrogens is 132 g/mol. The van der Waals surface area contributed by atoms with Gasteiger partial charge in [0.05, 0.1) is 0 Å². The van der Waals surface area contributed by atoms with E-state index >= 15 is 0 Å². The van der Waals surface area contributed by atoms with Crippen molar-refractivity contribution in [2.24, 2.45) is 17.8 Å². The summed E-state index contributed by atoms with van der Waals surface area (Å²) in [7, 11) is 0. The van der Waals surface area contributed by atoms with Gasteiger partial charge in [0.15, 0.2) is 0 Å². The zero-order chi connectivity index (χ0) is 7.26. The summed E-state index contributed by atoms with van der Waals surface area (Å²) in [6.45, 7) is 0.